The van der Waals surface area contributed by atoms with E-state index in [9.17, 15) is 9.90 Å². The zero-order valence-corrected chi connectivity index (χ0v) is 12.5. The van der Waals surface area contributed by atoms with Crippen molar-refractivity contribution < 1.29 is 19.4 Å². The fourth-order valence-corrected chi connectivity index (χ4v) is 2.07. The van der Waals surface area contributed by atoms with Crippen molar-refractivity contribution in [2.45, 2.75) is 32.9 Å². The summed E-state index contributed by atoms with van der Waals surface area (Å²) in [6, 6.07) is 5.00. The Bertz CT molecular complexity index is 445. The Hall–Kier alpha value is -1.75. The van der Waals surface area contributed by atoms with E-state index >= 15 is 0 Å². The summed E-state index contributed by atoms with van der Waals surface area (Å²) in [6.07, 6.45) is 0.585. The smallest absolute Gasteiger partial charge is 0.320 e. The lowest BCUT2D eigenvalue weighted by Crippen LogP contribution is -2.37. The van der Waals surface area contributed by atoms with Crippen LogP contribution in [0.3, 0.4) is 0 Å². The van der Waals surface area contributed by atoms with E-state index < -0.39 is 12.0 Å². The van der Waals surface area contributed by atoms with Crippen LogP contribution in [0, 0.1) is 5.92 Å². The van der Waals surface area contributed by atoms with Gasteiger partial charge in [-0.15, -0.1) is 0 Å². The van der Waals surface area contributed by atoms with Crippen LogP contribution < -0.4 is 14.8 Å². The maximum absolute atomic E-state index is 11.2. The van der Waals surface area contributed by atoms with Gasteiger partial charge in [-0.1, -0.05) is 26.0 Å². The molecule has 1 atom stereocenters. The van der Waals surface area contributed by atoms with Crippen LogP contribution in [0.2, 0.25) is 0 Å². The molecule has 2 N–H and O–H groups in total. The van der Waals surface area contributed by atoms with Crippen LogP contribution in [0.15, 0.2) is 18.2 Å². The van der Waals surface area contributed by atoms with E-state index in [1.807, 2.05) is 32.0 Å². The second kappa shape index (κ2) is 7.75. The monoisotopic (exact) mass is 281 g/mol. The molecule has 0 radical (unpaired) electrons. The van der Waals surface area contributed by atoms with Crippen molar-refractivity contribution in [2.75, 3.05) is 14.2 Å². The number of rotatable bonds is 8. The summed E-state index contributed by atoms with van der Waals surface area (Å²) in [5.74, 6) is 0.759. The van der Waals surface area contributed by atoms with Gasteiger partial charge >= 0.3 is 5.97 Å². The quantitative estimate of drug-likeness (QED) is 0.765. The molecule has 0 bridgehead atoms. The number of aliphatic carboxylic acids is 1. The van der Waals surface area contributed by atoms with Crippen LogP contribution in [0.1, 0.15) is 25.8 Å². The van der Waals surface area contributed by atoms with Crippen molar-refractivity contribution in [1.29, 1.82) is 0 Å². The normalized spacial score (nSPS) is 12.2. The van der Waals surface area contributed by atoms with Crippen LogP contribution in [0.25, 0.3) is 0 Å². The largest absolute Gasteiger partial charge is 0.493 e. The van der Waals surface area contributed by atoms with Crippen molar-refractivity contribution >= 4 is 5.97 Å². The van der Waals surface area contributed by atoms with Gasteiger partial charge in [-0.2, -0.15) is 0 Å². The van der Waals surface area contributed by atoms with Gasteiger partial charge in [0, 0.05) is 12.1 Å². The first-order chi connectivity index (χ1) is 9.49. The van der Waals surface area contributed by atoms with Gasteiger partial charge in [0.05, 0.1) is 14.2 Å². The fourth-order valence-electron chi connectivity index (χ4n) is 2.07. The molecule has 0 spiro atoms. The standard InChI is InChI=1S/C15H23NO4/c1-10(2)8-12(15(17)18)16-9-11-6-5-7-13(19-3)14(11)20-4/h5-7,10,12,16H,8-9H2,1-4H3,(H,17,18)/t12-/m1/s1. The number of ether oxygens (including phenoxy) is 2. The Morgan fingerprint density at radius 3 is 2.50 bits per heavy atom. The molecular formula is C15H23NO4. The number of carboxylic acids is 1. The van der Waals surface area contributed by atoms with Gasteiger partial charge in [-0.05, 0) is 18.4 Å². The second-order valence-corrected chi connectivity index (χ2v) is 5.05. The minimum Gasteiger partial charge on any atom is -0.493 e. The van der Waals surface area contributed by atoms with Crippen molar-refractivity contribution in [3.8, 4) is 11.5 Å². The van der Waals surface area contributed by atoms with E-state index in [4.69, 9.17) is 9.47 Å². The summed E-state index contributed by atoms with van der Waals surface area (Å²) in [4.78, 5) is 11.2. The van der Waals surface area contributed by atoms with E-state index in [1.54, 1.807) is 14.2 Å². The van der Waals surface area contributed by atoms with E-state index in [-0.39, 0.29) is 0 Å². The highest BCUT2D eigenvalue weighted by atomic mass is 16.5. The van der Waals surface area contributed by atoms with Gasteiger partial charge in [0.2, 0.25) is 0 Å². The average molecular weight is 281 g/mol. The third-order valence-corrected chi connectivity index (χ3v) is 3.03. The molecule has 0 aliphatic carbocycles. The molecule has 0 amide bonds. The van der Waals surface area contributed by atoms with Crippen LogP contribution in [-0.4, -0.2) is 31.3 Å². The summed E-state index contributed by atoms with van der Waals surface area (Å²) in [6.45, 7) is 4.43. The minimum absolute atomic E-state index is 0.316. The lowest BCUT2D eigenvalue weighted by molar-refractivity contribution is -0.140. The Balaban J connectivity index is 2.80. The molecule has 1 rings (SSSR count). The maximum Gasteiger partial charge on any atom is 0.320 e. The number of hydrogen-bond donors (Lipinski definition) is 2. The first kappa shape index (κ1) is 16.3. The van der Waals surface area contributed by atoms with Crippen molar-refractivity contribution in [1.82, 2.24) is 5.32 Å². The molecule has 0 unspecified atom stereocenters. The molecule has 5 nitrogen and oxygen atoms in total. The molecule has 0 aromatic heterocycles. The Morgan fingerprint density at radius 2 is 2.00 bits per heavy atom. The fraction of sp³-hybridized carbons (Fsp3) is 0.533. The van der Waals surface area contributed by atoms with Gasteiger partial charge < -0.3 is 19.9 Å². The maximum atomic E-state index is 11.2. The highest BCUT2D eigenvalue weighted by molar-refractivity contribution is 5.73. The third-order valence-electron chi connectivity index (χ3n) is 3.03. The molecular weight excluding hydrogens is 258 g/mol. The number of para-hydroxylation sites is 1. The van der Waals surface area contributed by atoms with Crippen molar-refractivity contribution in [3.63, 3.8) is 0 Å². The number of methoxy groups -OCH3 is 2. The molecule has 0 saturated carbocycles. The summed E-state index contributed by atoms with van der Waals surface area (Å²) in [5.41, 5.74) is 0.877. The van der Waals surface area contributed by atoms with Gasteiger partial charge in [0.1, 0.15) is 6.04 Å². The SMILES string of the molecule is COc1cccc(CN[C@H](CC(C)C)C(=O)O)c1OC. The highest BCUT2D eigenvalue weighted by Crippen LogP contribution is 2.30. The molecule has 112 valence electrons. The molecule has 0 fully saturated rings. The summed E-state index contributed by atoms with van der Waals surface area (Å²) >= 11 is 0. The molecule has 0 aliphatic heterocycles. The molecule has 1 aromatic carbocycles. The van der Waals surface area contributed by atoms with Crippen LogP contribution in [-0.2, 0) is 11.3 Å². The first-order valence-corrected chi connectivity index (χ1v) is 6.65. The molecule has 0 heterocycles. The molecule has 0 saturated heterocycles. The average Bonchev–Trinajstić information content (AvgIpc) is 2.42. The van der Waals surface area contributed by atoms with Gasteiger partial charge in [0.25, 0.3) is 0 Å². The van der Waals surface area contributed by atoms with E-state index in [2.05, 4.69) is 5.32 Å². The predicted octanol–water partition coefficient (Wildman–Crippen LogP) is 2.29. The van der Waals surface area contributed by atoms with E-state index in [1.165, 1.54) is 0 Å². The van der Waals surface area contributed by atoms with Crippen molar-refractivity contribution in [2.24, 2.45) is 5.92 Å². The number of carbonyl (C=O) groups is 1. The molecule has 1 aromatic rings. The number of carboxylic acid groups (broad SMARTS) is 1. The second-order valence-electron chi connectivity index (χ2n) is 5.05. The van der Waals surface area contributed by atoms with Crippen molar-refractivity contribution in [3.05, 3.63) is 23.8 Å². The van der Waals surface area contributed by atoms with Crippen LogP contribution in [0.4, 0.5) is 0 Å². The van der Waals surface area contributed by atoms with E-state index in [0.29, 0.717) is 30.4 Å². The number of benzene rings is 1. The topological polar surface area (TPSA) is 67.8 Å². The number of nitrogens with one attached hydrogen (secondary N) is 1. The van der Waals surface area contributed by atoms with Crippen LogP contribution in [0.5, 0.6) is 11.5 Å². The third kappa shape index (κ3) is 4.42. The molecule has 0 aliphatic rings. The lowest BCUT2D eigenvalue weighted by Gasteiger charge is -2.18. The molecule has 20 heavy (non-hydrogen) atoms. The summed E-state index contributed by atoms with van der Waals surface area (Å²) in [7, 11) is 3.15. The lowest BCUT2D eigenvalue weighted by atomic mass is 10.0. The van der Waals surface area contributed by atoms with Gasteiger partial charge in [-0.25, -0.2) is 0 Å². The summed E-state index contributed by atoms with van der Waals surface area (Å²) < 4.78 is 10.6. The zero-order valence-electron chi connectivity index (χ0n) is 12.5. The molecule has 5 heteroatoms. The zero-order chi connectivity index (χ0) is 15.1. The Kier molecular flexibility index (Phi) is 6.31. The Labute approximate surface area is 119 Å². The highest BCUT2D eigenvalue weighted by Gasteiger charge is 2.19. The van der Waals surface area contributed by atoms with E-state index in [0.717, 1.165) is 5.56 Å². The minimum atomic E-state index is -0.833. The number of hydrogen-bond acceptors (Lipinski definition) is 4. The van der Waals surface area contributed by atoms with Gasteiger partial charge in [0.15, 0.2) is 11.5 Å². The predicted molar refractivity (Wildman–Crippen MR) is 77.3 cm³/mol. The first-order valence-electron chi connectivity index (χ1n) is 6.65. The Morgan fingerprint density at radius 1 is 1.30 bits per heavy atom. The van der Waals surface area contributed by atoms with Crippen LogP contribution >= 0.6 is 0 Å². The van der Waals surface area contributed by atoms with Gasteiger partial charge in [-0.3, -0.25) is 4.79 Å². The summed E-state index contributed by atoms with van der Waals surface area (Å²) in [5, 5.41) is 12.3.